The number of hydrogen-bond donors (Lipinski definition) is 2. The van der Waals surface area contributed by atoms with Crippen molar-refractivity contribution in [2.75, 3.05) is 18.8 Å². The smallest absolute Gasteiger partial charge is 0.227 e. The van der Waals surface area contributed by atoms with Gasteiger partial charge in [-0.25, -0.2) is 8.42 Å². The predicted octanol–water partition coefficient (Wildman–Crippen LogP) is 3.12. The molecule has 158 valence electrons. The summed E-state index contributed by atoms with van der Waals surface area (Å²) in [6, 6.07) is 6.14. The average Bonchev–Trinajstić information content (AvgIpc) is 3.09. The van der Waals surface area contributed by atoms with Crippen LogP contribution in [0.4, 0.5) is 0 Å². The fourth-order valence-corrected chi connectivity index (χ4v) is 7.28. The maximum atomic E-state index is 13.3. The molecule has 29 heavy (non-hydrogen) atoms. The molecule has 1 aromatic heterocycles. The Hall–Kier alpha value is -1.86. The second-order valence-electron chi connectivity index (χ2n) is 8.56. The van der Waals surface area contributed by atoms with E-state index in [9.17, 15) is 13.2 Å². The van der Waals surface area contributed by atoms with Gasteiger partial charge in [-0.2, -0.15) is 4.31 Å². The first kappa shape index (κ1) is 20.4. The first-order valence-electron chi connectivity index (χ1n) is 10.7. The fourth-order valence-electron chi connectivity index (χ4n) is 5.34. The predicted molar refractivity (Wildman–Crippen MR) is 115 cm³/mol. The highest BCUT2D eigenvalue weighted by atomic mass is 32.2. The van der Waals surface area contributed by atoms with Crippen LogP contribution < -0.4 is 5.32 Å². The van der Waals surface area contributed by atoms with Gasteiger partial charge in [0.1, 0.15) is 0 Å². The van der Waals surface area contributed by atoms with Crippen LogP contribution in [0.15, 0.2) is 24.4 Å². The molecule has 0 spiro atoms. The monoisotopic (exact) mass is 417 g/mol. The summed E-state index contributed by atoms with van der Waals surface area (Å²) in [7, 11) is -3.25. The summed E-state index contributed by atoms with van der Waals surface area (Å²) >= 11 is 0. The van der Waals surface area contributed by atoms with Crippen LogP contribution in [0.1, 0.15) is 50.2 Å². The third-order valence-corrected chi connectivity index (χ3v) is 8.81. The lowest BCUT2D eigenvalue weighted by Crippen LogP contribution is -2.62. The van der Waals surface area contributed by atoms with Crippen molar-refractivity contribution in [1.82, 2.24) is 14.6 Å². The molecule has 2 atom stereocenters. The molecule has 2 heterocycles. The van der Waals surface area contributed by atoms with E-state index >= 15 is 0 Å². The Morgan fingerprint density at radius 1 is 1.31 bits per heavy atom. The Kier molecular flexibility index (Phi) is 5.46. The van der Waals surface area contributed by atoms with Gasteiger partial charge in [0, 0.05) is 36.2 Å². The van der Waals surface area contributed by atoms with Crippen LogP contribution in [-0.4, -0.2) is 48.5 Å². The number of amides is 1. The van der Waals surface area contributed by atoms with E-state index in [4.69, 9.17) is 0 Å². The lowest BCUT2D eigenvalue weighted by atomic mass is 9.67. The van der Waals surface area contributed by atoms with Gasteiger partial charge >= 0.3 is 0 Å². The quantitative estimate of drug-likeness (QED) is 0.784. The minimum absolute atomic E-state index is 0.0339. The van der Waals surface area contributed by atoms with E-state index in [1.54, 1.807) is 4.31 Å². The summed E-state index contributed by atoms with van der Waals surface area (Å²) < 4.78 is 26.7. The van der Waals surface area contributed by atoms with Crippen molar-refractivity contribution in [1.29, 1.82) is 0 Å². The van der Waals surface area contributed by atoms with Crippen LogP contribution in [0.2, 0.25) is 0 Å². The van der Waals surface area contributed by atoms with Crippen molar-refractivity contribution in [3.8, 4) is 0 Å². The molecular formula is C22H31N3O3S. The second-order valence-corrected chi connectivity index (χ2v) is 10.6. The average molecular weight is 418 g/mol. The maximum Gasteiger partial charge on any atom is 0.227 e. The molecule has 1 amide bonds. The van der Waals surface area contributed by atoms with E-state index in [-0.39, 0.29) is 17.7 Å². The van der Waals surface area contributed by atoms with Crippen LogP contribution in [-0.2, 0) is 21.2 Å². The molecule has 2 aliphatic rings. The zero-order valence-electron chi connectivity index (χ0n) is 17.3. The third-order valence-electron chi connectivity index (χ3n) is 6.87. The van der Waals surface area contributed by atoms with E-state index in [0.29, 0.717) is 19.5 Å². The number of rotatable bonds is 5. The molecule has 1 aromatic carbocycles. The summed E-state index contributed by atoms with van der Waals surface area (Å²) in [5, 5.41) is 4.36. The van der Waals surface area contributed by atoms with Crippen molar-refractivity contribution in [3.63, 3.8) is 0 Å². The highest BCUT2D eigenvalue weighted by molar-refractivity contribution is 7.89. The zero-order chi connectivity index (χ0) is 20.6. The molecule has 1 aliphatic heterocycles. The number of nitrogens with one attached hydrogen (secondary N) is 2. The number of hydrogen-bond acceptors (Lipinski definition) is 3. The lowest BCUT2D eigenvalue weighted by Gasteiger charge is -2.50. The topological polar surface area (TPSA) is 82.3 Å². The van der Waals surface area contributed by atoms with Crippen LogP contribution >= 0.6 is 0 Å². The van der Waals surface area contributed by atoms with Gasteiger partial charge in [-0.3, -0.25) is 4.79 Å². The van der Waals surface area contributed by atoms with Gasteiger partial charge in [0.15, 0.2) is 0 Å². The van der Waals surface area contributed by atoms with Crippen molar-refractivity contribution >= 4 is 26.8 Å². The Morgan fingerprint density at radius 3 is 2.93 bits per heavy atom. The van der Waals surface area contributed by atoms with Crippen LogP contribution in [0.5, 0.6) is 0 Å². The number of benzene rings is 1. The Balaban J connectivity index is 1.48. The standard InChI is InChI=1S/C22H31N3O3S/c1-3-25-20-6-4-5-10-22(20,11-13-29(25,27)28)21(26)23-12-9-17-15-24-19-8-7-16(2)14-18(17)19/h7-8,14-15,20,24H,3-6,9-13H2,1-2H3,(H,23,26)/t20-,22-/m1/s1. The highest BCUT2D eigenvalue weighted by Crippen LogP contribution is 2.46. The summed E-state index contributed by atoms with van der Waals surface area (Å²) in [6.45, 7) is 4.96. The summed E-state index contributed by atoms with van der Waals surface area (Å²) in [5.41, 5.74) is 2.95. The molecule has 4 rings (SSSR count). The lowest BCUT2D eigenvalue weighted by molar-refractivity contribution is -0.137. The molecule has 2 N–H and O–H groups in total. The first-order chi connectivity index (χ1) is 13.9. The minimum atomic E-state index is -3.25. The maximum absolute atomic E-state index is 13.3. The summed E-state index contributed by atoms with van der Waals surface area (Å²) in [4.78, 5) is 16.6. The first-order valence-corrected chi connectivity index (χ1v) is 12.3. The number of nitrogens with zero attached hydrogens (tertiary/aromatic N) is 1. The molecule has 1 aliphatic carbocycles. The molecule has 7 heteroatoms. The number of fused-ring (bicyclic) bond motifs is 2. The van der Waals surface area contributed by atoms with Crippen molar-refractivity contribution in [3.05, 3.63) is 35.5 Å². The van der Waals surface area contributed by atoms with Gasteiger partial charge in [0.05, 0.1) is 11.2 Å². The molecule has 1 saturated carbocycles. The van der Waals surface area contributed by atoms with E-state index in [1.807, 2.05) is 13.1 Å². The Labute approximate surface area is 173 Å². The van der Waals surface area contributed by atoms with Crippen molar-refractivity contribution in [2.24, 2.45) is 5.41 Å². The Morgan fingerprint density at radius 2 is 2.14 bits per heavy atom. The fraction of sp³-hybridized carbons (Fsp3) is 0.591. The van der Waals surface area contributed by atoms with Gasteiger partial charge in [0.2, 0.25) is 15.9 Å². The third kappa shape index (κ3) is 3.59. The molecule has 1 saturated heterocycles. The molecule has 0 bridgehead atoms. The van der Waals surface area contributed by atoms with Crippen molar-refractivity contribution < 1.29 is 13.2 Å². The van der Waals surface area contributed by atoms with Crippen LogP contribution in [0.25, 0.3) is 10.9 Å². The van der Waals surface area contributed by atoms with Gasteiger partial charge in [-0.1, -0.05) is 31.4 Å². The number of aromatic nitrogens is 1. The van der Waals surface area contributed by atoms with E-state index in [1.165, 1.54) is 16.5 Å². The largest absolute Gasteiger partial charge is 0.361 e. The summed E-state index contributed by atoms with van der Waals surface area (Å²) in [5.74, 6) is 0.110. The Bertz CT molecular complexity index is 1010. The van der Waals surface area contributed by atoms with Crippen LogP contribution in [0.3, 0.4) is 0 Å². The van der Waals surface area contributed by atoms with Crippen molar-refractivity contribution in [2.45, 2.75) is 58.4 Å². The van der Waals surface area contributed by atoms with Gasteiger partial charge in [-0.05, 0) is 50.3 Å². The van der Waals surface area contributed by atoms with Gasteiger partial charge in [0.25, 0.3) is 0 Å². The number of carbonyl (C=O) groups is 1. The van der Waals surface area contributed by atoms with Gasteiger partial charge in [-0.15, -0.1) is 0 Å². The van der Waals surface area contributed by atoms with E-state index in [2.05, 4.69) is 35.4 Å². The highest BCUT2D eigenvalue weighted by Gasteiger charge is 2.54. The number of carbonyl (C=O) groups excluding carboxylic acids is 1. The van der Waals surface area contributed by atoms with Crippen LogP contribution in [0, 0.1) is 12.3 Å². The second kappa shape index (κ2) is 7.76. The molecule has 0 radical (unpaired) electrons. The molecule has 6 nitrogen and oxygen atoms in total. The van der Waals surface area contributed by atoms with E-state index in [0.717, 1.165) is 37.6 Å². The number of H-pyrrole nitrogens is 1. The zero-order valence-corrected chi connectivity index (χ0v) is 18.1. The molecule has 2 fully saturated rings. The van der Waals surface area contributed by atoms with E-state index < -0.39 is 15.4 Å². The number of sulfonamides is 1. The number of aromatic amines is 1. The molecular weight excluding hydrogens is 386 g/mol. The summed E-state index contributed by atoms with van der Waals surface area (Å²) in [6.07, 6.45) is 6.75. The molecule has 0 unspecified atom stereocenters. The van der Waals surface area contributed by atoms with Gasteiger partial charge < -0.3 is 10.3 Å². The number of aryl methyl sites for hydroxylation is 1. The SMILES string of the molecule is CCN1[C@@H]2CCCC[C@@]2(C(=O)NCCc2c[nH]c3ccc(C)cc23)CCS1(=O)=O. The molecule has 2 aromatic rings. The normalized spacial score (nSPS) is 26.9. The minimum Gasteiger partial charge on any atom is -0.361 e.